The van der Waals surface area contributed by atoms with E-state index in [9.17, 15) is 13.2 Å². The Morgan fingerprint density at radius 1 is 0.931 bits per heavy atom. The largest absolute Gasteiger partial charge is 0.324 e. The third-order valence-electron chi connectivity index (χ3n) is 3.94. The molecule has 0 aliphatic rings. The topological polar surface area (TPSA) is 66.5 Å². The molecule has 1 amide bonds. The average molecular weight is 514 g/mol. The van der Waals surface area contributed by atoms with Gasteiger partial charge in [-0.05, 0) is 58.4 Å². The van der Waals surface area contributed by atoms with Crippen LogP contribution in [0.25, 0.3) is 0 Å². The molecule has 3 aromatic rings. The molecule has 0 bridgehead atoms. The van der Waals surface area contributed by atoms with Crippen molar-refractivity contribution >= 4 is 66.4 Å². The standard InChI is InChI=1S/C20H15BrCl2N2O3S/c21-16-11-10-14(12-18(16)23)24-20(26)13-25(19-9-5-4-8-17(19)22)29(27,28)15-6-2-1-3-7-15/h1-12H,13H2,(H,24,26). The first-order chi connectivity index (χ1) is 13.8. The van der Waals surface area contributed by atoms with Gasteiger partial charge in [0, 0.05) is 10.2 Å². The maximum Gasteiger partial charge on any atom is 0.264 e. The Morgan fingerprint density at radius 2 is 1.59 bits per heavy atom. The fourth-order valence-corrected chi connectivity index (χ4v) is 4.75. The van der Waals surface area contributed by atoms with Crippen LogP contribution in [-0.2, 0) is 14.8 Å². The van der Waals surface area contributed by atoms with Gasteiger partial charge >= 0.3 is 0 Å². The average Bonchev–Trinajstić information content (AvgIpc) is 2.70. The summed E-state index contributed by atoms with van der Waals surface area (Å²) in [6, 6.07) is 19.2. The van der Waals surface area contributed by atoms with Crippen LogP contribution >= 0.6 is 39.1 Å². The first kappa shape index (κ1) is 21.6. The van der Waals surface area contributed by atoms with E-state index < -0.39 is 22.5 Å². The summed E-state index contributed by atoms with van der Waals surface area (Å²) in [6.07, 6.45) is 0. The highest BCUT2D eigenvalue weighted by Crippen LogP contribution is 2.30. The molecule has 5 nitrogen and oxygen atoms in total. The molecule has 150 valence electrons. The molecule has 0 atom stereocenters. The predicted octanol–water partition coefficient (Wildman–Crippen LogP) is 5.59. The Labute approximate surface area is 187 Å². The van der Waals surface area contributed by atoms with E-state index in [1.54, 1.807) is 60.7 Å². The van der Waals surface area contributed by atoms with Crippen molar-refractivity contribution < 1.29 is 13.2 Å². The maximum atomic E-state index is 13.2. The Kier molecular flexibility index (Phi) is 6.85. The molecule has 0 aliphatic carbocycles. The molecule has 0 radical (unpaired) electrons. The number of amides is 1. The normalized spacial score (nSPS) is 11.1. The van der Waals surface area contributed by atoms with Crippen LogP contribution in [0.3, 0.4) is 0 Å². The zero-order valence-corrected chi connectivity index (χ0v) is 18.8. The van der Waals surface area contributed by atoms with Gasteiger partial charge < -0.3 is 5.32 Å². The highest BCUT2D eigenvalue weighted by molar-refractivity contribution is 9.10. The van der Waals surface area contributed by atoms with E-state index in [0.717, 1.165) is 4.31 Å². The number of hydrogen-bond donors (Lipinski definition) is 1. The molecule has 1 N–H and O–H groups in total. The first-order valence-electron chi connectivity index (χ1n) is 8.36. The molecule has 29 heavy (non-hydrogen) atoms. The fourth-order valence-electron chi connectivity index (χ4n) is 2.58. The van der Waals surface area contributed by atoms with E-state index in [0.29, 0.717) is 15.2 Å². The van der Waals surface area contributed by atoms with Crippen molar-refractivity contribution in [2.75, 3.05) is 16.2 Å². The van der Waals surface area contributed by atoms with Crippen LogP contribution in [0, 0.1) is 0 Å². The van der Waals surface area contributed by atoms with Gasteiger partial charge in [-0.15, -0.1) is 0 Å². The smallest absolute Gasteiger partial charge is 0.264 e. The summed E-state index contributed by atoms with van der Waals surface area (Å²) in [5.41, 5.74) is 0.654. The lowest BCUT2D eigenvalue weighted by Crippen LogP contribution is -2.38. The summed E-state index contributed by atoms with van der Waals surface area (Å²) < 4.78 is 28.1. The molecule has 3 rings (SSSR count). The van der Waals surface area contributed by atoms with Gasteiger partial charge in [0.15, 0.2) is 0 Å². The molecule has 0 aromatic heterocycles. The van der Waals surface area contributed by atoms with Crippen molar-refractivity contribution in [2.45, 2.75) is 4.90 Å². The summed E-state index contributed by atoms with van der Waals surface area (Å²) in [7, 11) is -4.02. The minimum atomic E-state index is -4.02. The number of carbonyl (C=O) groups is 1. The minimum absolute atomic E-state index is 0.0550. The van der Waals surface area contributed by atoms with Gasteiger partial charge in [-0.3, -0.25) is 9.10 Å². The number of para-hydroxylation sites is 1. The summed E-state index contributed by atoms with van der Waals surface area (Å²) in [5, 5.41) is 3.29. The lowest BCUT2D eigenvalue weighted by Gasteiger charge is -2.25. The number of halogens is 3. The monoisotopic (exact) mass is 512 g/mol. The van der Waals surface area contributed by atoms with Gasteiger partial charge in [-0.25, -0.2) is 8.42 Å². The Morgan fingerprint density at radius 3 is 2.24 bits per heavy atom. The molecule has 0 saturated heterocycles. The molecule has 0 saturated carbocycles. The van der Waals surface area contributed by atoms with Crippen LogP contribution in [0.4, 0.5) is 11.4 Å². The number of rotatable bonds is 6. The van der Waals surface area contributed by atoms with E-state index in [-0.39, 0.29) is 15.6 Å². The molecule has 0 unspecified atom stereocenters. The SMILES string of the molecule is O=C(CN(c1ccccc1Cl)S(=O)(=O)c1ccccc1)Nc1ccc(Br)c(Cl)c1. The molecule has 0 spiro atoms. The second-order valence-electron chi connectivity index (χ2n) is 5.95. The van der Waals surface area contributed by atoms with E-state index in [1.165, 1.54) is 12.1 Å². The van der Waals surface area contributed by atoms with Gasteiger partial charge in [-0.2, -0.15) is 0 Å². The number of nitrogens with zero attached hydrogens (tertiary/aromatic N) is 1. The number of hydrogen-bond acceptors (Lipinski definition) is 3. The highest BCUT2D eigenvalue weighted by atomic mass is 79.9. The van der Waals surface area contributed by atoms with Crippen molar-refractivity contribution in [2.24, 2.45) is 0 Å². The molecule has 0 heterocycles. The summed E-state index contributed by atoms with van der Waals surface area (Å²) in [6.45, 7) is -0.464. The van der Waals surface area contributed by atoms with Crippen molar-refractivity contribution in [1.82, 2.24) is 0 Å². The number of carbonyl (C=O) groups excluding carboxylic acids is 1. The fraction of sp³-hybridized carbons (Fsp3) is 0.0500. The van der Waals surface area contributed by atoms with Crippen LogP contribution < -0.4 is 9.62 Å². The second kappa shape index (κ2) is 9.17. The Balaban J connectivity index is 1.94. The predicted molar refractivity (Wildman–Crippen MR) is 120 cm³/mol. The van der Waals surface area contributed by atoms with Crippen molar-refractivity contribution in [3.63, 3.8) is 0 Å². The molecule has 0 aliphatic heterocycles. The van der Waals surface area contributed by atoms with Gasteiger partial charge in [0.2, 0.25) is 5.91 Å². The van der Waals surface area contributed by atoms with Crippen LogP contribution in [0.5, 0.6) is 0 Å². The molecule has 0 fully saturated rings. The number of anilines is 2. The lowest BCUT2D eigenvalue weighted by molar-refractivity contribution is -0.114. The quantitative estimate of drug-likeness (QED) is 0.467. The van der Waals surface area contributed by atoms with E-state index >= 15 is 0 Å². The van der Waals surface area contributed by atoms with E-state index in [1.807, 2.05) is 0 Å². The van der Waals surface area contributed by atoms with Crippen LogP contribution in [-0.4, -0.2) is 20.9 Å². The van der Waals surface area contributed by atoms with Crippen molar-refractivity contribution in [3.05, 3.63) is 87.3 Å². The summed E-state index contributed by atoms with van der Waals surface area (Å²) in [5.74, 6) is -0.539. The van der Waals surface area contributed by atoms with Crippen LogP contribution in [0.1, 0.15) is 0 Å². The minimum Gasteiger partial charge on any atom is -0.324 e. The third kappa shape index (κ3) is 5.11. The van der Waals surface area contributed by atoms with Gasteiger partial charge in [-0.1, -0.05) is 53.5 Å². The molecular formula is C20H15BrCl2N2O3S. The van der Waals surface area contributed by atoms with Gasteiger partial charge in [0.1, 0.15) is 6.54 Å². The van der Waals surface area contributed by atoms with Crippen LogP contribution in [0.15, 0.2) is 82.2 Å². The van der Waals surface area contributed by atoms with Gasteiger partial charge in [0.05, 0.1) is 20.6 Å². The third-order valence-corrected chi connectivity index (χ3v) is 7.27. The first-order valence-corrected chi connectivity index (χ1v) is 11.3. The van der Waals surface area contributed by atoms with E-state index in [4.69, 9.17) is 23.2 Å². The molecule has 3 aromatic carbocycles. The zero-order chi connectivity index (χ0) is 21.0. The van der Waals surface area contributed by atoms with Crippen molar-refractivity contribution in [1.29, 1.82) is 0 Å². The number of benzene rings is 3. The van der Waals surface area contributed by atoms with Gasteiger partial charge in [0.25, 0.3) is 10.0 Å². The Bertz CT molecular complexity index is 1140. The number of sulfonamides is 1. The highest BCUT2D eigenvalue weighted by Gasteiger charge is 2.28. The Hall–Kier alpha value is -2.06. The molecule has 9 heteroatoms. The van der Waals surface area contributed by atoms with Crippen LogP contribution in [0.2, 0.25) is 10.0 Å². The zero-order valence-electron chi connectivity index (χ0n) is 14.8. The summed E-state index contributed by atoms with van der Waals surface area (Å²) in [4.78, 5) is 12.7. The second-order valence-corrected chi connectivity index (χ2v) is 9.48. The lowest BCUT2D eigenvalue weighted by atomic mass is 10.3. The van der Waals surface area contributed by atoms with E-state index in [2.05, 4.69) is 21.2 Å². The van der Waals surface area contributed by atoms with Crippen molar-refractivity contribution in [3.8, 4) is 0 Å². The number of nitrogens with one attached hydrogen (secondary N) is 1. The maximum absolute atomic E-state index is 13.2. The molecular weight excluding hydrogens is 499 g/mol. The summed E-state index contributed by atoms with van der Waals surface area (Å²) >= 11 is 15.6.